The lowest BCUT2D eigenvalue weighted by molar-refractivity contribution is -0.119. The van der Waals surface area contributed by atoms with Crippen molar-refractivity contribution in [2.24, 2.45) is 23.3 Å². The second-order valence-corrected chi connectivity index (χ2v) is 6.60. The zero-order valence-corrected chi connectivity index (χ0v) is 13.5. The summed E-state index contributed by atoms with van der Waals surface area (Å²) < 4.78 is 10.7. The zero-order valence-electron chi connectivity index (χ0n) is 13.5. The van der Waals surface area contributed by atoms with Crippen LogP contribution in [0.15, 0.2) is 18.2 Å². The third-order valence-corrected chi connectivity index (χ3v) is 4.72. The number of nitrogens with two attached hydrogens (primary N) is 2. The van der Waals surface area contributed by atoms with Gasteiger partial charge in [0.1, 0.15) is 0 Å². The largest absolute Gasteiger partial charge is 0.493 e. The van der Waals surface area contributed by atoms with Gasteiger partial charge in [0.05, 0.1) is 7.11 Å². The molecule has 1 aliphatic carbocycles. The maximum Gasteiger partial charge on any atom is 0.255 e. The third kappa shape index (κ3) is 3.95. The second-order valence-electron chi connectivity index (χ2n) is 6.60. The predicted molar refractivity (Wildman–Crippen MR) is 87.1 cm³/mol. The molecule has 0 unspecified atom stereocenters. The topological polar surface area (TPSA) is 90.8 Å². The first-order valence-corrected chi connectivity index (χ1v) is 8.12. The Hall–Kier alpha value is -1.79. The molecule has 1 aromatic carbocycles. The summed E-state index contributed by atoms with van der Waals surface area (Å²) in [6, 6.07) is 6.06. The van der Waals surface area contributed by atoms with Crippen LogP contribution in [0, 0.1) is 11.8 Å². The molecule has 1 aromatic rings. The molecule has 0 spiro atoms. The molecular formula is C17H25N3O3. The Morgan fingerprint density at radius 3 is 2.74 bits per heavy atom. The lowest BCUT2D eigenvalue weighted by Gasteiger charge is -2.17. The summed E-state index contributed by atoms with van der Waals surface area (Å²) in [5, 5.41) is 0. The number of hydrogen-bond donors (Lipinski definition) is 2. The average Bonchev–Trinajstić information content (AvgIpc) is 3.29. The van der Waals surface area contributed by atoms with E-state index in [0.29, 0.717) is 23.5 Å². The summed E-state index contributed by atoms with van der Waals surface area (Å²) in [7, 11) is 1.59. The standard InChI is InChI=1S/C17H25N3O3/c1-22-16-6-11(2-5-15(16)23-10-17(19)21)7-20-8-13(12-3-4-12)14(18)9-20/h2,5-6,12-14H,3-4,7-10,18H2,1H3,(H2,19,21)/t13-,14+/m1/s1. The number of amides is 1. The van der Waals surface area contributed by atoms with Gasteiger partial charge in [-0.15, -0.1) is 0 Å². The highest BCUT2D eigenvalue weighted by molar-refractivity contribution is 5.75. The highest BCUT2D eigenvalue weighted by Gasteiger charge is 2.40. The number of ether oxygens (including phenoxy) is 2. The van der Waals surface area contributed by atoms with E-state index in [2.05, 4.69) is 4.90 Å². The molecule has 6 heteroatoms. The van der Waals surface area contributed by atoms with Gasteiger partial charge in [-0.05, 0) is 42.4 Å². The maximum absolute atomic E-state index is 10.8. The van der Waals surface area contributed by atoms with Crippen molar-refractivity contribution in [2.75, 3.05) is 26.8 Å². The van der Waals surface area contributed by atoms with Crippen molar-refractivity contribution in [2.45, 2.75) is 25.4 Å². The molecule has 2 atom stereocenters. The normalized spacial score (nSPS) is 24.6. The van der Waals surface area contributed by atoms with Crippen molar-refractivity contribution in [1.82, 2.24) is 4.90 Å². The zero-order chi connectivity index (χ0) is 16.4. The van der Waals surface area contributed by atoms with Crippen LogP contribution >= 0.6 is 0 Å². The van der Waals surface area contributed by atoms with E-state index >= 15 is 0 Å². The maximum atomic E-state index is 10.8. The van der Waals surface area contributed by atoms with E-state index in [9.17, 15) is 4.79 Å². The van der Waals surface area contributed by atoms with Crippen LogP contribution < -0.4 is 20.9 Å². The van der Waals surface area contributed by atoms with Gasteiger partial charge < -0.3 is 20.9 Å². The number of methoxy groups -OCH3 is 1. The molecule has 0 bridgehead atoms. The molecule has 1 saturated heterocycles. The highest BCUT2D eigenvalue weighted by Crippen LogP contribution is 2.41. The molecule has 6 nitrogen and oxygen atoms in total. The van der Waals surface area contributed by atoms with E-state index in [1.54, 1.807) is 7.11 Å². The number of nitrogens with zero attached hydrogens (tertiary/aromatic N) is 1. The number of benzene rings is 1. The molecule has 0 radical (unpaired) electrons. The summed E-state index contributed by atoms with van der Waals surface area (Å²) >= 11 is 0. The number of likely N-dealkylation sites (tertiary alicyclic amines) is 1. The number of primary amides is 1. The molecule has 1 amide bonds. The fourth-order valence-corrected chi connectivity index (χ4v) is 3.43. The van der Waals surface area contributed by atoms with Crippen LogP contribution in [0.5, 0.6) is 11.5 Å². The van der Waals surface area contributed by atoms with Crippen LogP contribution in [0.4, 0.5) is 0 Å². The van der Waals surface area contributed by atoms with Crippen LogP contribution in [0.2, 0.25) is 0 Å². The van der Waals surface area contributed by atoms with Crippen molar-refractivity contribution < 1.29 is 14.3 Å². The van der Waals surface area contributed by atoms with E-state index in [0.717, 1.165) is 31.1 Å². The average molecular weight is 319 g/mol. The van der Waals surface area contributed by atoms with Crippen molar-refractivity contribution in [3.8, 4) is 11.5 Å². The van der Waals surface area contributed by atoms with E-state index in [4.69, 9.17) is 20.9 Å². The molecule has 2 aliphatic rings. The van der Waals surface area contributed by atoms with Gasteiger partial charge in [0.25, 0.3) is 5.91 Å². The van der Waals surface area contributed by atoms with Gasteiger partial charge in [-0.1, -0.05) is 6.07 Å². The predicted octanol–water partition coefficient (Wildman–Crippen LogP) is 0.728. The van der Waals surface area contributed by atoms with Crippen LogP contribution in [-0.4, -0.2) is 43.7 Å². The van der Waals surface area contributed by atoms with E-state index in [-0.39, 0.29) is 6.61 Å². The number of carbonyl (C=O) groups is 1. The van der Waals surface area contributed by atoms with Crippen LogP contribution in [0.25, 0.3) is 0 Å². The molecule has 0 aromatic heterocycles. The molecule has 1 saturated carbocycles. The van der Waals surface area contributed by atoms with Gasteiger partial charge in [-0.3, -0.25) is 9.69 Å². The van der Waals surface area contributed by atoms with Gasteiger partial charge >= 0.3 is 0 Å². The molecule has 1 heterocycles. The van der Waals surface area contributed by atoms with Gasteiger partial charge in [0.2, 0.25) is 0 Å². The van der Waals surface area contributed by atoms with E-state index in [1.165, 1.54) is 12.8 Å². The van der Waals surface area contributed by atoms with Gasteiger partial charge in [0, 0.05) is 25.7 Å². The SMILES string of the molecule is COc1cc(CN2C[C@H](C3CC3)[C@@H](N)C2)ccc1OCC(N)=O. The van der Waals surface area contributed by atoms with E-state index < -0.39 is 5.91 Å². The van der Waals surface area contributed by atoms with Gasteiger partial charge in [-0.2, -0.15) is 0 Å². The Bertz CT molecular complexity index is 574. The minimum absolute atomic E-state index is 0.153. The molecule has 3 rings (SSSR count). The summed E-state index contributed by atoms with van der Waals surface area (Å²) in [5.41, 5.74) is 12.5. The fourth-order valence-electron chi connectivity index (χ4n) is 3.43. The quantitative estimate of drug-likeness (QED) is 0.773. The van der Waals surface area contributed by atoms with Crippen molar-refractivity contribution in [3.63, 3.8) is 0 Å². The monoisotopic (exact) mass is 319 g/mol. The van der Waals surface area contributed by atoms with Crippen molar-refractivity contribution >= 4 is 5.91 Å². The summed E-state index contributed by atoms with van der Waals surface area (Å²) in [6.07, 6.45) is 2.68. The van der Waals surface area contributed by atoms with E-state index in [1.807, 2.05) is 18.2 Å². The van der Waals surface area contributed by atoms with Crippen molar-refractivity contribution in [1.29, 1.82) is 0 Å². The van der Waals surface area contributed by atoms with Crippen LogP contribution in [-0.2, 0) is 11.3 Å². The first-order valence-electron chi connectivity index (χ1n) is 8.12. The molecular weight excluding hydrogens is 294 g/mol. The highest BCUT2D eigenvalue weighted by atomic mass is 16.5. The minimum atomic E-state index is -0.506. The molecule has 126 valence electrons. The summed E-state index contributed by atoms with van der Waals surface area (Å²) in [4.78, 5) is 13.2. The Labute approximate surface area is 136 Å². The smallest absolute Gasteiger partial charge is 0.255 e. The van der Waals surface area contributed by atoms with Gasteiger partial charge in [0.15, 0.2) is 18.1 Å². The first kappa shape index (κ1) is 16.1. The molecule has 4 N–H and O–H groups in total. The number of carbonyl (C=O) groups excluding carboxylic acids is 1. The Balaban J connectivity index is 1.62. The summed E-state index contributed by atoms with van der Waals surface area (Å²) in [6.45, 7) is 2.72. The van der Waals surface area contributed by atoms with Crippen molar-refractivity contribution in [3.05, 3.63) is 23.8 Å². The third-order valence-electron chi connectivity index (χ3n) is 4.72. The Morgan fingerprint density at radius 2 is 2.09 bits per heavy atom. The molecule has 23 heavy (non-hydrogen) atoms. The number of hydrogen-bond acceptors (Lipinski definition) is 5. The number of rotatable bonds is 7. The van der Waals surface area contributed by atoms with Crippen LogP contribution in [0.1, 0.15) is 18.4 Å². The van der Waals surface area contributed by atoms with Crippen LogP contribution in [0.3, 0.4) is 0 Å². The first-order chi connectivity index (χ1) is 11.1. The molecule has 2 fully saturated rings. The Kier molecular flexibility index (Phi) is 4.73. The fraction of sp³-hybridized carbons (Fsp3) is 0.588. The lowest BCUT2D eigenvalue weighted by atomic mass is 9.99. The van der Waals surface area contributed by atoms with Gasteiger partial charge in [-0.25, -0.2) is 0 Å². The minimum Gasteiger partial charge on any atom is -0.493 e. The second kappa shape index (κ2) is 6.76. The summed E-state index contributed by atoms with van der Waals surface area (Å²) in [5.74, 6) is 2.13. The Morgan fingerprint density at radius 1 is 1.30 bits per heavy atom. The molecule has 1 aliphatic heterocycles. The lowest BCUT2D eigenvalue weighted by Crippen LogP contribution is -2.30.